The molecule has 20 heavy (non-hydrogen) atoms. The van der Waals surface area contributed by atoms with Gasteiger partial charge in [0, 0.05) is 13.5 Å². The summed E-state index contributed by atoms with van der Waals surface area (Å²) in [4.78, 5) is 0. The fourth-order valence-corrected chi connectivity index (χ4v) is 3.15. The maximum atomic E-state index is 10.4. The molecule has 0 bridgehead atoms. The van der Waals surface area contributed by atoms with E-state index in [0.29, 0.717) is 6.42 Å². The average Bonchev–Trinajstić information content (AvgIpc) is 2.65. The molecule has 1 aromatic heterocycles. The van der Waals surface area contributed by atoms with Gasteiger partial charge < -0.3 is 9.84 Å². The Hall–Kier alpha value is -0.850. The van der Waals surface area contributed by atoms with Gasteiger partial charge in [-0.1, -0.05) is 6.07 Å². The molecule has 0 spiro atoms. The lowest BCUT2D eigenvalue weighted by atomic mass is 10.0. The zero-order valence-corrected chi connectivity index (χ0v) is 14.7. The second-order valence-corrected chi connectivity index (χ2v) is 6.23. The summed E-state index contributed by atoms with van der Waals surface area (Å²) in [5.41, 5.74) is 2.73. The molecule has 1 unspecified atom stereocenters. The zero-order chi connectivity index (χ0) is 14.9. The lowest BCUT2D eigenvalue weighted by Crippen LogP contribution is -2.07. The van der Waals surface area contributed by atoms with Crippen molar-refractivity contribution in [2.75, 3.05) is 7.11 Å². The highest BCUT2D eigenvalue weighted by molar-refractivity contribution is 9.10. The SMILES string of the molecule is COc1ccc(C(O)Cc2c(Br)c(C)nn2C)cc1Br. The van der Waals surface area contributed by atoms with Gasteiger partial charge >= 0.3 is 0 Å². The van der Waals surface area contributed by atoms with Crippen molar-refractivity contribution in [3.05, 3.63) is 44.1 Å². The molecule has 4 nitrogen and oxygen atoms in total. The van der Waals surface area contributed by atoms with Crippen LogP contribution in [-0.4, -0.2) is 22.0 Å². The standard InChI is InChI=1S/C14H16Br2N2O2/c1-8-14(16)11(18(2)17-8)7-12(19)9-4-5-13(20-3)10(15)6-9/h4-6,12,19H,7H2,1-3H3. The Morgan fingerprint density at radius 2 is 2.10 bits per heavy atom. The molecule has 0 amide bonds. The van der Waals surface area contributed by atoms with Crippen molar-refractivity contribution < 1.29 is 9.84 Å². The largest absolute Gasteiger partial charge is 0.496 e. The Bertz CT molecular complexity index is 626. The monoisotopic (exact) mass is 402 g/mol. The molecule has 0 aliphatic rings. The summed E-state index contributed by atoms with van der Waals surface area (Å²) >= 11 is 6.95. The van der Waals surface area contributed by atoms with Crippen LogP contribution in [0.15, 0.2) is 27.1 Å². The molecule has 0 radical (unpaired) electrons. The van der Waals surface area contributed by atoms with Crippen LogP contribution in [0.3, 0.4) is 0 Å². The summed E-state index contributed by atoms with van der Waals surface area (Å²) in [5.74, 6) is 0.749. The lowest BCUT2D eigenvalue weighted by molar-refractivity contribution is 0.175. The second kappa shape index (κ2) is 6.28. The maximum Gasteiger partial charge on any atom is 0.133 e. The molecule has 0 aliphatic carbocycles. The van der Waals surface area contributed by atoms with Crippen molar-refractivity contribution in [1.29, 1.82) is 0 Å². The van der Waals surface area contributed by atoms with Gasteiger partial charge in [0.25, 0.3) is 0 Å². The number of aromatic nitrogens is 2. The van der Waals surface area contributed by atoms with Gasteiger partial charge in [0.15, 0.2) is 0 Å². The van der Waals surface area contributed by atoms with E-state index in [1.165, 1.54) is 0 Å². The molecule has 0 saturated heterocycles. The van der Waals surface area contributed by atoms with Gasteiger partial charge in [-0.3, -0.25) is 4.68 Å². The smallest absolute Gasteiger partial charge is 0.133 e. The Kier molecular flexibility index (Phi) is 4.88. The number of hydrogen-bond acceptors (Lipinski definition) is 3. The van der Waals surface area contributed by atoms with Crippen LogP contribution in [0, 0.1) is 6.92 Å². The maximum absolute atomic E-state index is 10.4. The molecule has 1 N–H and O–H groups in total. The Labute approximate surface area is 135 Å². The minimum Gasteiger partial charge on any atom is -0.496 e. The van der Waals surface area contributed by atoms with E-state index in [1.54, 1.807) is 11.8 Å². The number of hydrogen-bond donors (Lipinski definition) is 1. The number of aryl methyl sites for hydroxylation is 2. The molecule has 0 saturated carbocycles. The number of rotatable bonds is 4. The van der Waals surface area contributed by atoms with E-state index in [0.717, 1.165) is 31.6 Å². The van der Waals surface area contributed by atoms with E-state index >= 15 is 0 Å². The van der Waals surface area contributed by atoms with E-state index in [-0.39, 0.29) is 0 Å². The summed E-state index contributed by atoms with van der Waals surface area (Å²) in [6, 6.07) is 5.58. The van der Waals surface area contributed by atoms with Gasteiger partial charge in [-0.2, -0.15) is 5.10 Å². The molecular formula is C14H16Br2N2O2. The molecule has 0 aliphatic heterocycles. The lowest BCUT2D eigenvalue weighted by Gasteiger charge is -2.13. The zero-order valence-electron chi connectivity index (χ0n) is 11.5. The van der Waals surface area contributed by atoms with E-state index in [9.17, 15) is 5.11 Å². The molecule has 2 rings (SSSR count). The number of nitrogens with zero attached hydrogens (tertiary/aromatic N) is 2. The number of aliphatic hydroxyl groups is 1. The van der Waals surface area contributed by atoms with Crippen LogP contribution >= 0.6 is 31.9 Å². The minimum atomic E-state index is -0.594. The number of ether oxygens (including phenoxy) is 1. The second-order valence-electron chi connectivity index (χ2n) is 4.58. The normalized spacial score (nSPS) is 12.5. The van der Waals surface area contributed by atoms with Crippen molar-refractivity contribution >= 4 is 31.9 Å². The van der Waals surface area contributed by atoms with Gasteiger partial charge in [-0.15, -0.1) is 0 Å². The Balaban J connectivity index is 2.23. The van der Waals surface area contributed by atoms with Crippen LogP contribution in [0.5, 0.6) is 5.75 Å². The third kappa shape index (κ3) is 3.07. The minimum absolute atomic E-state index is 0.497. The van der Waals surface area contributed by atoms with E-state index < -0.39 is 6.10 Å². The highest BCUT2D eigenvalue weighted by Gasteiger charge is 2.17. The average molecular weight is 404 g/mol. The quantitative estimate of drug-likeness (QED) is 0.849. The van der Waals surface area contributed by atoms with Gasteiger partial charge in [0.2, 0.25) is 0 Å². The van der Waals surface area contributed by atoms with Crippen molar-refractivity contribution in [2.24, 2.45) is 7.05 Å². The van der Waals surface area contributed by atoms with Gasteiger partial charge in [-0.05, 0) is 56.5 Å². The van der Waals surface area contributed by atoms with E-state index in [4.69, 9.17) is 4.74 Å². The van der Waals surface area contributed by atoms with Crippen LogP contribution in [0.4, 0.5) is 0 Å². The first kappa shape index (κ1) is 15.5. The van der Waals surface area contributed by atoms with Crippen LogP contribution in [0.1, 0.15) is 23.1 Å². The van der Waals surface area contributed by atoms with Gasteiger partial charge in [0.05, 0.1) is 33.5 Å². The summed E-state index contributed by atoms with van der Waals surface area (Å²) in [5, 5.41) is 14.7. The summed E-state index contributed by atoms with van der Waals surface area (Å²) in [6.07, 6.45) is -0.0974. The number of aliphatic hydroxyl groups excluding tert-OH is 1. The third-order valence-electron chi connectivity index (χ3n) is 3.21. The summed E-state index contributed by atoms with van der Waals surface area (Å²) in [7, 11) is 3.50. The van der Waals surface area contributed by atoms with Crippen molar-refractivity contribution in [3.63, 3.8) is 0 Å². The first-order chi connectivity index (χ1) is 9.43. The summed E-state index contributed by atoms with van der Waals surface area (Å²) in [6.45, 7) is 1.93. The van der Waals surface area contributed by atoms with Crippen molar-refractivity contribution in [3.8, 4) is 5.75 Å². The van der Waals surface area contributed by atoms with E-state index in [1.807, 2.05) is 32.2 Å². The van der Waals surface area contributed by atoms with Crippen LogP contribution in [0.2, 0.25) is 0 Å². The third-order valence-corrected chi connectivity index (χ3v) is 4.86. The number of methoxy groups -OCH3 is 1. The van der Waals surface area contributed by atoms with E-state index in [2.05, 4.69) is 37.0 Å². The Morgan fingerprint density at radius 1 is 1.40 bits per heavy atom. The molecule has 1 heterocycles. The summed E-state index contributed by atoms with van der Waals surface area (Å²) < 4.78 is 8.76. The van der Waals surface area contributed by atoms with Crippen LogP contribution in [0.25, 0.3) is 0 Å². The molecule has 1 aromatic carbocycles. The number of halogens is 2. The highest BCUT2D eigenvalue weighted by atomic mass is 79.9. The topological polar surface area (TPSA) is 47.3 Å². The van der Waals surface area contributed by atoms with Gasteiger partial charge in [-0.25, -0.2) is 0 Å². The predicted molar refractivity (Wildman–Crippen MR) is 85.0 cm³/mol. The molecular weight excluding hydrogens is 388 g/mol. The van der Waals surface area contributed by atoms with Crippen molar-refractivity contribution in [2.45, 2.75) is 19.4 Å². The highest BCUT2D eigenvalue weighted by Crippen LogP contribution is 2.30. The fraction of sp³-hybridized carbons (Fsp3) is 0.357. The number of benzene rings is 1. The first-order valence-electron chi connectivity index (χ1n) is 6.13. The molecule has 2 aromatic rings. The predicted octanol–water partition coefficient (Wildman–Crippen LogP) is 3.54. The van der Waals surface area contributed by atoms with Crippen LogP contribution in [-0.2, 0) is 13.5 Å². The molecule has 6 heteroatoms. The molecule has 1 atom stereocenters. The fourth-order valence-electron chi connectivity index (χ4n) is 2.09. The van der Waals surface area contributed by atoms with Crippen LogP contribution < -0.4 is 4.74 Å². The molecule has 0 fully saturated rings. The molecule has 108 valence electrons. The van der Waals surface area contributed by atoms with Gasteiger partial charge in [0.1, 0.15) is 5.75 Å². The first-order valence-corrected chi connectivity index (χ1v) is 7.72. The Morgan fingerprint density at radius 3 is 2.60 bits per heavy atom. The van der Waals surface area contributed by atoms with Crippen molar-refractivity contribution in [1.82, 2.24) is 9.78 Å².